The average Bonchev–Trinajstić information content (AvgIpc) is 2.64. The van der Waals surface area contributed by atoms with Crippen LogP contribution < -0.4 is 15.6 Å². The number of ether oxygens (including phenoxy) is 1. The number of carbonyl (C=O) groups is 1. The molecule has 0 aliphatic heterocycles. The van der Waals surface area contributed by atoms with E-state index in [2.05, 4.69) is 15.4 Å². The summed E-state index contributed by atoms with van der Waals surface area (Å²) in [5, 5.41) is 8.48. The molecule has 2 heterocycles. The number of nitrogens with zero attached hydrogens (tertiary/aromatic N) is 3. The zero-order valence-electron chi connectivity index (χ0n) is 15.6. The summed E-state index contributed by atoms with van der Waals surface area (Å²) in [5.74, 6) is 0.00971. The Morgan fingerprint density at radius 2 is 2.04 bits per heavy atom. The highest BCUT2D eigenvalue weighted by molar-refractivity contribution is 5.96. The van der Waals surface area contributed by atoms with Crippen LogP contribution in [0.2, 0.25) is 0 Å². The van der Waals surface area contributed by atoms with Crippen molar-refractivity contribution in [1.29, 1.82) is 0 Å². The molecule has 1 unspecified atom stereocenters. The van der Waals surface area contributed by atoms with Gasteiger partial charge in [-0.05, 0) is 39.0 Å². The van der Waals surface area contributed by atoms with Crippen LogP contribution in [0.5, 0.6) is 5.88 Å². The number of hydrogen-bond acceptors (Lipinski definition) is 5. The summed E-state index contributed by atoms with van der Waals surface area (Å²) in [6.45, 7) is 6.18. The van der Waals surface area contributed by atoms with Crippen LogP contribution in [0, 0.1) is 6.92 Å². The molecule has 1 aromatic carbocycles. The number of nitrogens with one attached hydrogen (secondary N) is 1. The van der Waals surface area contributed by atoms with Crippen LogP contribution in [0.25, 0.3) is 10.8 Å². The number of fused-ring (bicyclic) bond motifs is 1. The fraction of sp³-hybridized carbons (Fsp3) is 0.300. The third kappa shape index (κ3) is 4.13. The molecule has 0 aliphatic rings. The highest BCUT2D eigenvalue weighted by Gasteiger charge is 2.17. The summed E-state index contributed by atoms with van der Waals surface area (Å²) in [6, 6.07) is 10.4. The summed E-state index contributed by atoms with van der Waals surface area (Å²) >= 11 is 0. The summed E-state index contributed by atoms with van der Waals surface area (Å²) in [4.78, 5) is 29.4. The van der Waals surface area contributed by atoms with E-state index in [0.29, 0.717) is 23.4 Å². The van der Waals surface area contributed by atoms with Gasteiger partial charge in [-0.15, -0.1) is 0 Å². The van der Waals surface area contributed by atoms with Crippen LogP contribution in [0.15, 0.2) is 47.4 Å². The molecular weight excluding hydrogens is 344 g/mol. The standard InChI is InChI=1S/C20H22N4O3/c1-4-27-19-17(10-9-13(2)23-19)18(25)22-14(3)12-24-20(26)16-8-6-5-7-15(16)11-21-24/h5-11,14H,4,12H2,1-3H3,(H,22,25). The van der Waals surface area contributed by atoms with E-state index in [1.54, 1.807) is 24.4 Å². The molecule has 0 fully saturated rings. The highest BCUT2D eigenvalue weighted by Crippen LogP contribution is 2.16. The Balaban J connectivity index is 1.76. The van der Waals surface area contributed by atoms with Crippen LogP contribution >= 0.6 is 0 Å². The molecule has 3 rings (SSSR count). The van der Waals surface area contributed by atoms with Gasteiger partial charge in [0.15, 0.2) is 0 Å². The van der Waals surface area contributed by atoms with Gasteiger partial charge in [-0.2, -0.15) is 5.10 Å². The molecular formula is C20H22N4O3. The number of benzene rings is 1. The molecule has 27 heavy (non-hydrogen) atoms. The number of carbonyl (C=O) groups excluding carboxylic acids is 1. The lowest BCUT2D eigenvalue weighted by Gasteiger charge is -2.16. The molecule has 0 saturated carbocycles. The predicted octanol–water partition coefficient (Wildman–Crippen LogP) is 2.32. The van der Waals surface area contributed by atoms with Gasteiger partial charge in [-0.1, -0.05) is 18.2 Å². The van der Waals surface area contributed by atoms with Crippen molar-refractivity contribution in [3.63, 3.8) is 0 Å². The lowest BCUT2D eigenvalue weighted by atomic mass is 10.2. The Kier molecular flexibility index (Phi) is 5.49. The SMILES string of the molecule is CCOc1nc(C)ccc1C(=O)NC(C)Cn1ncc2ccccc2c1=O. The molecule has 0 aliphatic carbocycles. The quantitative estimate of drug-likeness (QED) is 0.723. The van der Waals surface area contributed by atoms with E-state index in [9.17, 15) is 9.59 Å². The van der Waals surface area contributed by atoms with Crippen LogP contribution in [0.3, 0.4) is 0 Å². The minimum atomic E-state index is -0.306. The fourth-order valence-corrected chi connectivity index (χ4v) is 2.82. The molecule has 1 N–H and O–H groups in total. The van der Waals surface area contributed by atoms with Crippen LogP contribution in [0.1, 0.15) is 29.9 Å². The van der Waals surface area contributed by atoms with Gasteiger partial charge in [-0.3, -0.25) is 9.59 Å². The second-order valence-electron chi connectivity index (χ2n) is 6.33. The van der Waals surface area contributed by atoms with Crippen molar-refractivity contribution in [3.8, 4) is 5.88 Å². The van der Waals surface area contributed by atoms with Crippen molar-refractivity contribution in [3.05, 3.63) is 64.2 Å². The summed E-state index contributed by atoms with van der Waals surface area (Å²) in [7, 11) is 0. The minimum Gasteiger partial charge on any atom is -0.477 e. The summed E-state index contributed by atoms with van der Waals surface area (Å²) in [5.41, 5.74) is 0.962. The first-order chi connectivity index (χ1) is 13.0. The van der Waals surface area contributed by atoms with Gasteiger partial charge in [0.05, 0.1) is 24.7 Å². The number of pyridine rings is 1. The largest absolute Gasteiger partial charge is 0.477 e. The van der Waals surface area contributed by atoms with Crippen molar-refractivity contribution >= 4 is 16.7 Å². The molecule has 0 radical (unpaired) electrons. The third-order valence-electron chi connectivity index (χ3n) is 4.11. The van der Waals surface area contributed by atoms with Crippen molar-refractivity contribution in [2.45, 2.75) is 33.4 Å². The molecule has 7 nitrogen and oxygen atoms in total. The van der Waals surface area contributed by atoms with Crippen molar-refractivity contribution < 1.29 is 9.53 Å². The van der Waals surface area contributed by atoms with E-state index in [0.717, 1.165) is 11.1 Å². The maximum atomic E-state index is 12.6. The molecule has 1 amide bonds. The van der Waals surface area contributed by atoms with Gasteiger partial charge in [0, 0.05) is 17.1 Å². The minimum absolute atomic E-state index is 0.179. The van der Waals surface area contributed by atoms with Crippen LogP contribution in [0.4, 0.5) is 0 Å². The maximum Gasteiger partial charge on any atom is 0.274 e. The first-order valence-corrected chi connectivity index (χ1v) is 8.85. The Morgan fingerprint density at radius 3 is 2.81 bits per heavy atom. The summed E-state index contributed by atoms with van der Waals surface area (Å²) in [6.07, 6.45) is 1.66. The molecule has 0 saturated heterocycles. The molecule has 3 aromatic rings. The molecule has 0 spiro atoms. The van der Waals surface area contributed by atoms with Gasteiger partial charge >= 0.3 is 0 Å². The Hall–Kier alpha value is -3.22. The van der Waals surface area contributed by atoms with Gasteiger partial charge in [0.25, 0.3) is 11.5 Å². The normalized spacial score (nSPS) is 12.0. The van der Waals surface area contributed by atoms with Gasteiger partial charge in [-0.25, -0.2) is 9.67 Å². The first kappa shape index (κ1) is 18.6. The third-order valence-corrected chi connectivity index (χ3v) is 4.11. The van der Waals surface area contributed by atoms with E-state index < -0.39 is 0 Å². The zero-order chi connectivity index (χ0) is 19.4. The van der Waals surface area contributed by atoms with Gasteiger partial charge in [0.2, 0.25) is 5.88 Å². The van der Waals surface area contributed by atoms with E-state index in [1.165, 1.54) is 4.68 Å². The fourth-order valence-electron chi connectivity index (χ4n) is 2.82. The number of rotatable bonds is 6. The Labute approximate surface area is 157 Å². The zero-order valence-corrected chi connectivity index (χ0v) is 15.6. The number of hydrogen-bond donors (Lipinski definition) is 1. The molecule has 2 aromatic heterocycles. The Morgan fingerprint density at radius 1 is 1.26 bits per heavy atom. The molecule has 7 heteroatoms. The second-order valence-corrected chi connectivity index (χ2v) is 6.33. The van der Waals surface area contributed by atoms with Crippen molar-refractivity contribution in [1.82, 2.24) is 20.1 Å². The van der Waals surface area contributed by atoms with E-state index in [-0.39, 0.29) is 24.1 Å². The first-order valence-electron chi connectivity index (χ1n) is 8.85. The monoisotopic (exact) mass is 366 g/mol. The maximum absolute atomic E-state index is 12.6. The lowest BCUT2D eigenvalue weighted by Crippen LogP contribution is -2.39. The van der Waals surface area contributed by atoms with Crippen LogP contribution in [-0.4, -0.2) is 33.3 Å². The average molecular weight is 366 g/mol. The predicted molar refractivity (Wildman–Crippen MR) is 103 cm³/mol. The van der Waals surface area contributed by atoms with E-state index >= 15 is 0 Å². The van der Waals surface area contributed by atoms with E-state index in [1.807, 2.05) is 39.0 Å². The number of amides is 1. The van der Waals surface area contributed by atoms with Gasteiger partial charge in [0.1, 0.15) is 5.56 Å². The smallest absolute Gasteiger partial charge is 0.274 e. The van der Waals surface area contributed by atoms with Crippen molar-refractivity contribution in [2.24, 2.45) is 0 Å². The highest BCUT2D eigenvalue weighted by atomic mass is 16.5. The number of aryl methyl sites for hydroxylation is 1. The lowest BCUT2D eigenvalue weighted by molar-refractivity contribution is 0.0931. The van der Waals surface area contributed by atoms with Gasteiger partial charge < -0.3 is 10.1 Å². The number of aromatic nitrogens is 3. The van der Waals surface area contributed by atoms with E-state index in [4.69, 9.17) is 4.74 Å². The molecule has 1 atom stereocenters. The molecule has 0 bridgehead atoms. The summed E-state index contributed by atoms with van der Waals surface area (Å²) < 4.78 is 6.83. The second kappa shape index (κ2) is 7.99. The molecule has 140 valence electrons. The Bertz CT molecular complexity index is 1030. The van der Waals surface area contributed by atoms with Crippen molar-refractivity contribution in [2.75, 3.05) is 6.61 Å². The topological polar surface area (TPSA) is 86.1 Å². The van der Waals surface area contributed by atoms with Crippen LogP contribution in [-0.2, 0) is 6.54 Å².